The fraction of sp³-hybridized carbons (Fsp3) is 0.200. The lowest BCUT2D eigenvalue weighted by Gasteiger charge is -2.13. The first kappa shape index (κ1) is 16.8. The van der Waals surface area contributed by atoms with E-state index in [0.29, 0.717) is 17.1 Å². The molecule has 0 amide bonds. The zero-order valence-corrected chi connectivity index (χ0v) is 14.4. The highest BCUT2D eigenvalue weighted by atomic mass is 16.5. The van der Waals surface area contributed by atoms with Crippen LogP contribution in [0, 0.1) is 11.3 Å². The molecule has 134 valence electrons. The van der Waals surface area contributed by atoms with Crippen molar-refractivity contribution in [1.29, 1.82) is 5.26 Å². The first-order valence-electron chi connectivity index (χ1n) is 8.59. The van der Waals surface area contributed by atoms with E-state index in [0.717, 1.165) is 17.4 Å². The summed E-state index contributed by atoms with van der Waals surface area (Å²) in [5.41, 5.74) is -0.363. The van der Waals surface area contributed by atoms with Crippen LogP contribution in [-0.2, 0) is 6.54 Å². The van der Waals surface area contributed by atoms with Gasteiger partial charge in [-0.1, -0.05) is 18.2 Å². The third-order valence-electron chi connectivity index (χ3n) is 4.42. The predicted molar refractivity (Wildman–Crippen MR) is 97.8 cm³/mol. The van der Waals surface area contributed by atoms with Crippen molar-refractivity contribution in [1.82, 2.24) is 14.1 Å². The number of hydrogen-bond donors (Lipinski definition) is 0. The average Bonchev–Trinajstić information content (AvgIpc) is 3.52. The summed E-state index contributed by atoms with van der Waals surface area (Å²) in [6, 6.07) is 12.7. The first-order valence-corrected chi connectivity index (χ1v) is 8.59. The second-order valence-electron chi connectivity index (χ2n) is 6.37. The third kappa shape index (κ3) is 3.37. The molecule has 1 aromatic carbocycles. The van der Waals surface area contributed by atoms with Crippen LogP contribution in [0.1, 0.15) is 30.0 Å². The second kappa shape index (κ2) is 6.92. The van der Waals surface area contributed by atoms with E-state index in [2.05, 4.69) is 4.98 Å². The molecule has 0 N–H and O–H groups in total. The van der Waals surface area contributed by atoms with E-state index in [1.165, 1.54) is 10.8 Å². The van der Waals surface area contributed by atoms with E-state index in [9.17, 15) is 14.9 Å². The SMILES string of the molecule is N#Cc1cn(C2CC2)c(=O)n(Cc2ccccc2Oc2cccnc2)c1=O. The molecule has 0 atom stereocenters. The molecule has 0 aliphatic heterocycles. The highest BCUT2D eigenvalue weighted by Gasteiger charge is 2.27. The summed E-state index contributed by atoms with van der Waals surface area (Å²) in [6.07, 6.45) is 6.36. The molecule has 1 aliphatic rings. The van der Waals surface area contributed by atoms with E-state index >= 15 is 0 Å². The summed E-state index contributed by atoms with van der Waals surface area (Å²) in [4.78, 5) is 29.4. The lowest BCUT2D eigenvalue weighted by atomic mass is 10.2. The molecule has 0 unspecified atom stereocenters. The van der Waals surface area contributed by atoms with Gasteiger partial charge in [-0.25, -0.2) is 4.79 Å². The maximum absolute atomic E-state index is 12.8. The van der Waals surface area contributed by atoms with E-state index < -0.39 is 11.2 Å². The average molecular weight is 360 g/mol. The molecular formula is C20H16N4O3. The Morgan fingerprint density at radius 1 is 1.19 bits per heavy atom. The molecule has 1 saturated carbocycles. The molecule has 1 fully saturated rings. The maximum Gasteiger partial charge on any atom is 0.331 e. The molecule has 3 aromatic rings. The second-order valence-corrected chi connectivity index (χ2v) is 6.37. The molecule has 7 nitrogen and oxygen atoms in total. The summed E-state index contributed by atoms with van der Waals surface area (Å²) in [5.74, 6) is 1.08. The van der Waals surface area contributed by atoms with Gasteiger partial charge >= 0.3 is 5.69 Å². The quantitative estimate of drug-likeness (QED) is 0.697. The molecule has 2 aromatic heterocycles. The monoisotopic (exact) mass is 360 g/mol. The molecule has 2 heterocycles. The Morgan fingerprint density at radius 3 is 2.70 bits per heavy atom. The molecular weight excluding hydrogens is 344 g/mol. The molecule has 4 rings (SSSR count). The van der Waals surface area contributed by atoms with Crippen molar-refractivity contribution < 1.29 is 4.74 Å². The van der Waals surface area contributed by atoms with Gasteiger partial charge in [-0.3, -0.25) is 18.9 Å². The van der Waals surface area contributed by atoms with Crippen LogP contribution in [0.4, 0.5) is 0 Å². The fourth-order valence-electron chi connectivity index (χ4n) is 2.89. The molecule has 0 bridgehead atoms. The minimum absolute atomic E-state index is 0.0241. The summed E-state index contributed by atoms with van der Waals surface area (Å²) >= 11 is 0. The molecule has 0 radical (unpaired) electrons. The topological polar surface area (TPSA) is 89.9 Å². The molecule has 7 heteroatoms. The molecule has 1 aliphatic carbocycles. The highest BCUT2D eigenvalue weighted by molar-refractivity contribution is 5.37. The van der Waals surface area contributed by atoms with E-state index in [-0.39, 0.29) is 18.2 Å². The summed E-state index contributed by atoms with van der Waals surface area (Å²) in [5, 5.41) is 9.27. The Hall–Kier alpha value is -3.66. The first-order chi connectivity index (χ1) is 13.2. The normalized spacial score (nSPS) is 13.1. The number of rotatable bonds is 5. The summed E-state index contributed by atoms with van der Waals surface area (Å²) in [6.45, 7) is 0.0241. The van der Waals surface area contributed by atoms with Crippen molar-refractivity contribution in [3.63, 3.8) is 0 Å². The smallest absolute Gasteiger partial charge is 0.331 e. The predicted octanol–water partition coefficient (Wildman–Crippen LogP) is 2.45. The summed E-state index contributed by atoms with van der Waals surface area (Å²) in [7, 11) is 0. The lowest BCUT2D eigenvalue weighted by molar-refractivity contribution is 0.469. The van der Waals surface area contributed by atoms with Crippen LogP contribution < -0.4 is 16.0 Å². The van der Waals surface area contributed by atoms with Gasteiger partial charge in [-0.2, -0.15) is 5.26 Å². The van der Waals surface area contributed by atoms with Crippen molar-refractivity contribution in [3.05, 3.63) is 87.0 Å². The number of nitrogens with zero attached hydrogens (tertiary/aromatic N) is 4. The van der Waals surface area contributed by atoms with Crippen molar-refractivity contribution in [2.75, 3.05) is 0 Å². The van der Waals surface area contributed by atoms with Crippen LogP contribution in [0.3, 0.4) is 0 Å². The minimum atomic E-state index is -0.587. The summed E-state index contributed by atoms with van der Waals surface area (Å²) < 4.78 is 8.45. The van der Waals surface area contributed by atoms with Crippen molar-refractivity contribution in [2.24, 2.45) is 0 Å². The van der Waals surface area contributed by atoms with Gasteiger partial charge < -0.3 is 4.74 Å². The van der Waals surface area contributed by atoms with Gasteiger partial charge in [0.15, 0.2) is 0 Å². The van der Waals surface area contributed by atoms with Gasteiger partial charge in [0.05, 0.1) is 12.7 Å². The zero-order chi connectivity index (χ0) is 18.8. The maximum atomic E-state index is 12.8. The number of pyridine rings is 1. The van der Waals surface area contributed by atoms with Gasteiger partial charge in [-0.05, 0) is 31.0 Å². The van der Waals surface area contributed by atoms with Gasteiger partial charge in [0.1, 0.15) is 23.1 Å². The van der Waals surface area contributed by atoms with Gasteiger partial charge in [0, 0.05) is 24.0 Å². The number of benzene rings is 1. The molecule has 0 spiro atoms. The van der Waals surface area contributed by atoms with Crippen LogP contribution in [-0.4, -0.2) is 14.1 Å². The van der Waals surface area contributed by atoms with Crippen LogP contribution in [0.25, 0.3) is 0 Å². The van der Waals surface area contributed by atoms with E-state index in [1.54, 1.807) is 36.7 Å². The van der Waals surface area contributed by atoms with Crippen molar-refractivity contribution in [2.45, 2.75) is 25.4 Å². The number of ether oxygens (including phenoxy) is 1. The standard InChI is InChI=1S/C20H16N4O3/c21-10-15-13-23(16-7-8-16)20(26)24(19(15)25)12-14-4-1-2-6-18(14)27-17-5-3-9-22-11-17/h1-6,9,11,13,16H,7-8,12H2. The van der Waals surface area contributed by atoms with Crippen LogP contribution in [0.2, 0.25) is 0 Å². The largest absolute Gasteiger partial charge is 0.455 e. The van der Waals surface area contributed by atoms with E-state index in [4.69, 9.17) is 4.74 Å². The Kier molecular flexibility index (Phi) is 4.30. The highest BCUT2D eigenvalue weighted by Crippen LogP contribution is 2.33. The Morgan fingerprint density at radius 2 is 2.00 bits per heavy atom. The lowest BCUT2D eigenvalue weighted by Crippen LogP contribution is -2.41. The van der Waals surface area contributed by atoms with Crippen molar-refractivity contribution >= 4 is 0 Å². The minimum Gasteiger partial charge on any atom is -0.455 e. The number of aromatic nitrogens is 3. The number of nitriles is 1. The van der Waals surface area contributed by atoms with Gasteiger partial charge in [0.25, 0.3) is 5.56 Å². The Balaban J connectivity index is 1.75. The van der Waals surface area contributed by atoms with Crippen LogP contribution >= 0.6 is 0 Å². The van der Waals surface area contributed by atoms with Gasteiger partial charge in [0.2, 0.25) is 0 Å². The third-order valence-corrected chi connectivity index (χ3v) is 4.42. The van der Waals surface area contributed by atoms with Gasteiger partial charge in [-0.15, -0.1) is 0 Å². The van der Waals surface area contributed by atoms with Crippen LogP contribution in [0.15, 0.2) is 64.6 Å². The zero-order valence-electron chi connectivity index (χ0n) is 14.4. The number of hydrogen-bond acceptors (Lipinski definition) is 5. The molecule has 27 heavy (non-hydrogen) atoms. The van der Waals surface area contributed by atoms with Crippen molar-refractivity contribution in [3.8, 4) is 17.6 Å². The van der Waals surface area contributed by atoms with E-state index in [1.807, 2.05) is 18.2 Å². The fourth-order valence-corrected chi connectivity index (χ4v) is 2.89. The Labute approximate surface area is 154 Å². The van der Waals surface area contributed by atoms with Crippen LogP contribution in [0.5, 0.6) is 11.5 Å². The Bertz CT molecular complexity index is 1140. The number of para-hydroxylation sites is 1. The molecule has 0 saturated heterocycles.